The van der Waals surface area contributed by atoms with Crippen molar-refractivity contribution in [1.29, 1.82) is 0 Å². The van der Waals surface area contributed by atoms with Gasteiger partial charge in [0.15, 0.2) is 11.5 Å². The highest BCUT2D eigenvalue weighted by Crippen LogP contribution is 2.17. The zero-order chi connectivity index (χ0) is 18.2. The molecule has 6 nitrogen and oxygen atoms in total. The minimum Gasteiger partial charge on any atom is -0.478 e. The summed E-state index contributed by atoms with van der Waals surface area (Å²) in [5.74, 6) is -0.903. The van der Waals surface area contributed by atoms with Crippen molar-refractivity contribution >= 4 is 17.4 Å². The van der Waals surface area contributed by atoms with E-state index < -0.39 is 5.97 Å². The van der Waals surface area contributed by atoms with Gasteiger partial charge < -0.3 is 14.9 Å². The van der Waals surface area contributed by atoms with Crippen LogP contribution in [0.3, 0.4) is 0 Å². The summed E-state index contributed by atoms with van der Waals surface area (Å²) in [5, 5.41) is 15.4. The molecule has 1 amide bonds. The van der Waals surface area contributed by atoms with Gasteiger partial charge in [-0.2, -0.15) is 0 Å². The predicted molar refractivity (Wildman–Crippen MR) is 94.1 cm³/mol. The Labute approximate surface area is 145 Å². The van der Waals surface area contributed by atoms with Crippen LogP contribution < -0.4 is 5.32 Å². The maximum Gasteiger partial charge on any atom is 0.335 e. The molecule has 128 valence electrons. The van der Waals surface area contributed by atoms with Gasteiger partial charge in [-0.25, -0.2) is 4.79 Å². The van der Waals surface area contributed by atoms with Crippen LogP contribution >= 0.6 is 0 Å². The van der Waals surface area contributed by atoms with Crippen molar-refractivity contribution in [3.63, 3.8) is 0 Å². The van der Waals surface area contributed by atoms with Crippen molar-refractivity contribution in [3.8, 4) is 0 Å². The van der Waals surface area contributed by atoms with Gasteiger partial charge in [0.25, 0.3) is 5.91 Å². The minimum atomic E-state index is -0.991. The third kappa shape index (κ3) is 4.78. The molecule has 0 spiro atoms. The van der Waals surface area contributed by atoms with Gasteiger partial charge in [0.1, 0.15) is 0 Å². The van der Waals surface area contributed by atoms with E-state index in [4.69, 9.17) is 9.63 Å². The van der Waals surface area contributed by atoms with E-state index in [2.05, 4.69) is 17.1 Å². The molecule has 0 radical (unpaired) electrons. The number of hydrogen-bond acceptors (Lipinski definition) is 4. The smallest absolute Gasteiger partial charge is 0.335 e. The minimum absolute atomic E-state index is 0.164. The topological polar surface area (TPSA) is 92.4 Å². The van der Waals surface area contributed by atoms with E-state index in [0.29, 0.717) is 5.76 Å². The lowest BCUT2D eigenvalue weighted by Crippen LogP contribution is -2.23. The average molecular weight is 338 g/mol. The van der Waals surface area contributed by atoms with Crippen molar-refractivity contribution in [2.45, 2.75) is 13.5 Å². The zero-order valence-corrected chi connectivity index (χ0v) is 13.7. The van der Waals surface area contributed by atoms with Gasteiger partial charge in [0.2, 0.25) is 0 Å². The largest absolute Gasteiger partial charge is 0.478 e. The highest BCUT2D eigenvalue weighted by Gasteiger charge is 2.13. The number of carbonyl (C=O) groups excluding carboxylic acids is 1. The molecule has 1 heterocycles. The summed E-state index contributed by atoms with van der Waals surface area (Å²) < 4.78 is 5.20. The van der Waals surface area contributed by atoms with E-state index in [1.807, 2.05) is 19.1 Å². The van der Waals surface area contributed by atoms with Crippen LogP contribution in [0, 0.1) is 0 Å². The standard InChI is InChI=1S/C19H18N2O4/c1-3-5-14(6-4-2)17-11-16(21-25-17)18(22)20-12-13-7-9-15(10-8-13)19(23)24/h3-11H,1,12H2,2H3,(H,20,22)(H,23,24)/b6-4-,14-5+. The van der Waals surface area contributed by atoms with Crippen LogP contribution in [0.1, 0.15) is 39.1 Å². The molecular formula is C19H18N2O4. The number of rotatable bonds is 7. The lowest BCUT2D eigenvalue weighted by molar-refractivity contribution is 0.0696. The molecule has 0 bridgehead atoms. The van der Waals surface area contributed by atoms with Crippen molar-refractivity contribution in [3.05, 3.63) is 83.8 Å². The van der Waals surface area contributed by atoms with Crippen LogP contribution in [-0.4, -0.2) is 22.1 Å². The Bertz CT molecular complexity index is 829. The molecule has 25 heavy (non-hydrogen) atoms. The monoisotopic (exact) mass is 338 g/mol. The van der Waals surface area contributed by atoms with Crippen molar-refractivity contribution < 1.29 is 19.2 Å². The van der Waals surface area contributed by atoms with E-state index in [9.17, 15) is 9.59 Å². The molecule has 0 aliphatic rings. The second-order valence-corrected chi connectivity index (χ2v) is 5.12. The Kier molecular flexibility index (Phi) is 6.06. The Morgan fingerprint density at radius 3 is 2.64 bits per heavy atom. The Morgan fingerprint density at radius 2 is 2.04 bits per heavy atom. The van der Waals surface area contributed by atoms with E-state index in [1.54, 1.807) is 30.4 Å². The third-order valence-corrected chi connectivity index (χ3v) is 3.32. The highest BCUT2D eigenvalue weighted by molar-refractivity contribution is 5.93. The molecule has 2 aromatic rings. The molecule has 0 unspecified atom stereocenters. The fourth-order valence-electron chi connectivity index (χ4n) is 2.08. The summed E-state index contributed by atoms with van der Waals surface area (Å²) in [5.41, 5.74) is 1.90. The maximum absolute atomic E-state index is 12.2. The number of aromatic carboxylic acids is 1. The van der Waals surface area contributed by atoms with Crippen LogP contribution in [0.4, 0.5) is 0 Å². The first-order chi connectivity index (χ1) is 12.0. The number of carbonyl (C=O) groups is 2. The average Bonchev–Trinajstić information content (AvgIpc) is 3.10. The SMILES string of the molecule is C=C/C=C(\C=C/C)c1cc(C(=O)NCc2ccc(C(=O)O)cc2)no1. The van der Waals surface area contributed by atoms with Gasteiger partial charge in [-0.3, -0.25) is 4.79 Å². The summed E-state index contributed by atoms with van der Waals surface area (Å²) >= 11 is 0. The van der Waals surface area contributed by atoms with Gasteiger partial charge in [-0.1, -0.05) is 48.2 Å². The van der Waals surface area contributed by atoms with Gasteiger partial charge in [-0.05, 0) is 24.6 Å². The number of nitrogens with one attached hydrogen (secondary N) is 1. The lowest BCUT2D eigenvalue weighted by Gasteiger charge is -2.03. The molecule has 1 aromatic heterocycles. The Balaban J connectivity index is 2.03. The third-order valence-electron chi connectivity index (χ3n) is 3.32. The first kappa shape index (κ1) is 17.9. The number of aromatic nitrogens is 1. The van der Waals surface area contributed by atoms with Gasteiger partial charge >= 0.3 is 5.97 Å². The molecule has 1 aromatic carbocycles. The molecule has 0 fully saturated rings. The molecular weight excluding hydrogens is 320 g/mol. The molecule has 0 aliphatic heterocycles. The summed E-state index contributed by atoms with van der Waals surface area (Å²) in [6.45, 7) is 5.77. The number of benzene rings is 1. The highest BCUT2D eigenvalue weighted by atomic mass is 16.5. The normalized spacial score (nSPS) is 11.5. The summed E-state index contributed by atoms with van der Waals surface area (Å²) in [6.07, 6.45) is 7.05. The molecule has 2 rings (SSSR count). The first-order valence-electron chi connectivity index (χ1n) is 7.58. The number of amides is 1. The number of allylic oxidation sites excluding steroid dienone is 5. The van der Waals surface area contributed by atoms with Crippen molar-refractivity contribution in [2.24, 2.45) is 0 Å². The quantitative estimate of drug-likeness (QED) is 0.754. The molecule has 2 N–H and O–H groups in total. The number of hydrogen-bond donors (Lipinski definition) is 2. The molecule has 0 saturated heterocycles. The molecule has 0 atom stereocenters. The summed E-state index contributed by atoms with van der Waals surface area (Å²) in [6, 6.07) is 7.82. The van der Waals surface area contributed by atoms with Crippen LogP contribution in [-0.2, 0) is 6.54 Å². The predicted octanol–water partition coefficient (Wildman–Crippen LogP) is 3.45. The van der Waals surface area contributed by atoms with E-state index in [1.165, 1.54) is 12.1 Å². The lowest BCUT2D eigenvalue weighted by atomic mass is 10.1. The fraction of sp³-hybridized carbons (Fsp3) is 0.105. The van der Waals surface area contributed by atoms with Crippen LogP contribution in [0.25, 0.3) is 5.57 Å². The molecule has 0 aliphatic carbocycles. The maximum atomic E-state index is 12.2. The first-order valence-corrected chi connectivity index (χ1v) is 7.58. The van der Waals surface area contributed by atoms with Crippen LogP contribution in [0.2, 0.25) is 0 Å². The van der Waals surface area contributed by atoms with Gasteiger partial charge in [0, 0.05) is 18.2 Å². The van der Waals surface area contributed by atoms with E-state index in [-0.39, 0.29) is 23.7 Å². The summed E-state index contributed by atoms with van der Waals surface area (Å²) in [7, 11) is 0. The van der Waals surface area contributed by atoms with Gasteiger partial charge in [-0.15, -0.1) is 0 Å². The molecule has 6 heteroatoms. The summed E-state index contributed by atoms with van der Waals surface area (Å²) in [4.78, 5) is 23.0. The number of carboxylic acid groups (broad SMARTS) is 1. The van der Waals surface area contributed by atoms with E-state index in [0.717, 1.165) is 11.1 Å². The van der Waals surface area contributed by atoms with E-state index >= 15 is 0 Å². The number of nitrogens with zero attached hydrogens (tertiary/aromatic N) is 1. The Morgan fingerprint density at radius 1 is 1.32 bits per heavy atom. The van der Waals surface area contributed by atoms with Crippen molar-refractivity contribution in [1.82, 2.24) is 10.5 Å². The number of carboxylic acids is 1. The second kappa shape index (κ2) is 8.44. The fourth-order valence-corrected chi connectivity index (χ4v) is 2.08. The van der Waals surface area contributed by atoms with Crippen LogP contribution in [0.15, 0.2) is 65.7 Å². The van der Waals surface area contributed by atoms with Crippen molar-refractivity contribution in [2.75, 3.05) is 0 Å². The van der Waals surface area contributed by atoms with Crippen LogP contribution in [0.5, 0.6) is 0 Å². The Hall–Kier alpha value is -3.41. The molecule has 0 saturated carbocycles. The zero-order valence-electron chi connectivity index (χ0n) is 13.7. The second-order valence-electron chi connectivity index (χ2n) is 5.12. The van der Waals surface area contributed by atoms with Gasteiger partial charge in [0.05, 0.1) is 5.56 Å².